The van der Waals surface area contributed by atoms with E-state index in [2.05, 4.69) is 32.6 Å². The van der Waals surface area contributed by atoms with Crippen LogP contribution >= 0.6 is 27.5 Å². The van der Waals surface area contributed by atoms with Crippen molar-refractivity contribution in [2.45, 2.75) is 58.1 Å². The zero-order valence-corrected chi connectivity index (χ0v) is 20.7. The third-order valence-electron chi connectivity index (χ3n) is 7.53. The summed E-state index contributed by atoms with van der Waals surface area (Å²) >= 11 is 9.59. The standard InChI is InChI=1S/C27H29BrClNO2/c1-17(31)26-16-30(27-15-20(28)6-11-25(26)27)12-2-3-24-18-4-5-19(24)14-23(13-18)32-22-9-7-21(29)8-10-22/h6-11,15-16,18-19,23-24H,2-5,12-14H2,1H3. The number of carbonyl (C=O) groups is 1. The van der Waals surface area contributed by atoms with Crippen LogP contribution in [0.25, 0.3) is 10.9 Å². The van der Waals surface area contributed by atoms with E-state index in [4.69, 9.17) is 16.3 Å². The molecule has 2 atom stereocenters. The lowest BCUT2D eigenvalue weighted by Gasteiger charge is -2.35. The molecule has 2 unspecified atom stereocenters. The first kappa shape index (κ1) is 22.0. The number of halogens is 2. The van der Waals surface area contributed by atoms with Crippen LogP contribution in [0.5, 0.6) is 5.75 Å². The van der Waals surface area contributed by atoms with E-state index >= 15 is 0 Å². The molecule has 32 heavy (non-hydrogen) atoms. The Morgan fingerprint density at radius 2 is 1.84 bits per heavy atom. The van der Waals surface area contributed by atoms with Gasteiger partial charge in [0.05, 0.1) is 6.10 Å². The van der Waals surface area contributed by atoms with Gasteiger partial charge in [0, 0.05) is 38.7 Å². The second-order valence-electron chi connectivity index (χ2n) is 9.52. The number of ketones is 1. The van der Waals surface area contributed by atoms with Crippen LogP contribution in [0.1, 0.15) is 55.8 Å². The first-order chi connectivity index (χ1) is 15.5. The quantitative estimate of drug-likeness (QED) is 0.300. The van der Waals surface area contributed by atoms with E-state index in [0.29, 0.717) is 6.10 Å². The molecular formula is C27H29BrClNO2. The molecule has 2 aromatic carbocycles. The average molecular weight is 515 g/mol. The molecule has 2 aliphatic carbocycles. The Labute approximate surface area is 203 Å². The average Bonchev–Trinajstić information content (AvgIpc) is 3.23. The van der Waals surface area contributed by atoms with Crippen molar-refractivity contribution in [3.63, 3.8) is 0 Å². The summed E-state index contributed by atoms with van der Waals surface area (Å²) in [4.78, 5) is 12.1. The number of hydrogen-bond acceptors (Lipinski definition) is 2. The van der Waals surface area contributed by atoms with E-state index in [1.165, 1.54) is 19.3 Å². The summed E-state index contributed by atoms with van der Waals surface area (Å²) in [6, 6.07) is 14.0. The van der Waals surface area contributed by atoms with Crippen molar-refractivity contribution in [3.05, 3.63) is 63.7 Å². The van der Waals surface area contributed by atoms with Gasteiger partial charge in [-0.1, -0.05) is 33.6 Å². The Bertz CT molecular complexity index is 1110. The largest absolute Gasteiger partial charge is 0.490 e. The Morgan fingerprint density at radius 3 is 2.53 bits per heavy atom. The molecule has 0 saturated heterocycles. The van der Waals surface area contributed by atoms with Gasteiger partial charge < -0.3 is 9.30 Å². The van der Waals surface area contributed by atoms with Crippen LogP contribution in [-0.4, -0.2) is 16.5 Å². The summed E-state index contributed by atoms with van der Waals surface area (Å²) in [6.45, 7) is 2.62. The first-order valence-corrected chi connectivity index (χ1v) is 12.9. The molecular weight excluding hydrogens is 486 g/mol. The summed E-state index contributed by atoms with van der Waals surface area (Å²) in [5.74, 6) is 3.42. The number of fused-ring (bicyclic) bond motifs is 3. The highest BCUT2D eigenvalue weighted by molar-refractivity contribution is 9.10. The molecule has 0 amide bonds. The van der Waals surface area contributed by atoms with E-state index in [9.17, 15) is 4.79 Å². The zero-order chi connectivity index (χ0) is 22.2. The predicted molar refractivity (Wildman–Crippen MR) is 134 cm³/mol. The number of carbonyl (C=O) groups excluding carboxylic acids is 1. The molecule has 2 fully saturated rings. The third-order valence-corrected chi connectivity index (χ3v) is 8.27. The Morgan fingerprint density at radius 1 is 1.12 bits per heavy atom. The van der Waals surface area contributed by atoms with Gasteiger partial charge in [0.25, 0.3) is 0 Å². The van der Waals surface area contributed by atoms with E-state index in [1.807, 2.05) is 36.5 Å². The normalized spacial score (nSPS) is 24.7. The van der Waals surface area contributed by atoms with Crippen molar-refractivity contribution in [1.29, 1.82) is 0 Å². The highest BCUT2D eigenvalue weighted by atomic mass is 79.9. The number of aryl methyl sites for hydroxylation is 1. The van der Waals surface area contributed by atoms with Gasteiger partial charge in [-0.05, 0) is 99.6 Å². The molecule has 3 aromatic rings. The van der Waals surface area contributed by atoms with Gasteiger partial charge in [0.2, 0.25) is 0 Å². The van der Waals surface area contributed by atoms with Crippen LogP contribution < -0.4 is 4.74 Å². The minimum absolute atomic E-state index is 0.133. The number of nitrogens with zero attached hydrogens (tertiary/aromatic N) is 1. The van der Waals surface area contributed by atoms with Crippen molar-refractivity contribution in [2.75, 3.05) is 0 Å². The predicted octanol–water partition coefficient (Wildman–Crippen LogP) is 7.92. The Hall–Kier alpha value is -1.78. The van der Waals surface area contributed by atoms with E-state index in [-0.39, 0.29) is 5.78 Å². The fraction of sp³-hybridized carbons (Fsp3) is 0.444. The van der Waals surface area contributed by atoms with Crippen LogP contribution in [0.3, 0.4) is 0 Å². The number of aromatic nitrogens is 1. The van der Waals surface area contributed by atoms with E-state index < -0.39 is 0 Å². The van der Waals surface area contributed by atoms with Crippen molar-refractivity contribution < 1.29 is 9.53 Å². The van der Waals surface area contributed by atoms with Crippen molar-refractivity contribution in [1.82, 2.24) is 4.57 Å². The highest BCUT2D eigenvalue weighted by Gasteiger charge is 2.42. The molecule has 168 valence electrons. The maximum atomic E-state index is 12.1. The number of ether oxygens (including phenoxy) is 1. The lowest BCUT2D eigenvalue weighted by atomic mass is 9.75. The zero-order valence-electron chi connectivity index (χ0n) is 18.4. The fourth-order valence-corrected chi connectivity index (χ4v) is 6.57. The van der Waals surface area contributed by atoms with Crippen LogP contribution in [0, 0.1) is 17.8 Å². The Balaban J connectivity index is 1.21. The molecule has 1 heterocycles. The van der Waals surface area contributed by atoms with Gasteiger partial charge in [0.1, 0.15) is 5.75 Å². The van der Waals surface area contributed by atoms with E-state index in [0.717, 1.165) is 75.3 Å². The molecule has 2 bridgehead atoms. The minimum atomic E-state index is 0.133. The second-order valence-corrected chi connectivity index (χ2v) is 10.9. The third kappa shape index (κ3) is 4.49. The molecule has 3 nitrogen and oxygen atoms in total. The molecule has 0 aliphatic heterocycles. The highest BCUT2D eigenvalue weighted by Crippen LogP contribution is 2.49. The first-order valence-electron chi connectivity index (χ1n) is 11.7. The molecule has 0 radical (unpaired) electrons. The van der Waals surface area contributed by atoms with Crippen LogP contribution in [0.2, 0.25) is 5.02 Å². The van der Waals surface area contributed by atoms with Gasteiger partial charge >= 0.3 is 0 Å². The van der Waals surface area contributed by atoms with E-state index in [1.54, 1.807) is 6.92 Å². The molecule has 2 saturated carbocycles. The van der Waals surface area contributed by atoms with Gasteiger partial charge in [-0.2, -0.15) is 0 Å². The lowest BCUT2D eigenvalue weighted by Crippen LogP contribution is -2.32. The SMILES string of the molecule is CC(=O)c1cn(CCCC2C3CCC2CC(Oc2ccc(Cl)cc2)C3)c2cc(Br)ccc12. The summed E-state index contributed by atoms with van der Waals surface area (Å²) in [5.41, 5.74) is 1.97. The number of rotatable bonds is 7. The molecule has 5 rings (SSSR count). The maximum absolute atomic E-state index is 12.1. The summed E-state index contributed by atoms with van der Waals surface area (Å²) in [6.07, 6.45) is 9.78. The maximum Gasteiger partial charge on any atom is 0.161 e. The summed E-state index contributed by atoms with van der Waals surface area (Å²) in [7, 11) is 0. The molecule has 2 aliphatic rings. The molecule has 0 spiro atoms. The fourth-order valence-electron chi connectivity index (χ4n) is 6.10. The molecule has 5 heteroatoms. The smallest absolute Gasteiger partial charge is 0.161 e. The topological polar surface area (TPSA) is 31.2 Å². The van der Waals surface area contributed by atoms with Crippen LogP contribution in [0.4, 0.5) is 0 Å². The minimum Gasteiger partial charge on any atom is -0.490 e. The second kappa shape index (κ2) is 9.23. The van der Waals surface area contributed by atoms with Crippen LogP contribution in [0.15, 0.2) is 53.1 Å². The van der Waals surface area contributed by atoms with Crippen molar-refractivity contribution in [3.8, 4) is 5.75 Å². The van der Waals surface area contributed by atoms with Crippen molar-refractivity contribution >= 4 is 44.2 Å². The number of Topliss-reactive ketones (excluding diaryl/α,β-unsaturated/α-hetero) is 1. The molecule has 1 aromatic heterocycles. The lowest BCUT2D eigenvalue weighted by molar-refractivity contribution is 0.0746. The van der Waals surface area contributed by atoms with Crippen LogP contribution in [-0.2, 0) is 6.54 Å². The monoisotopic (exact) mass is 513 g/mol. The van der Waals surface area contributed by atoms with Gasteiger partial charge in [-0.3, -0.25) is 4.79 Å². The number of hydrogen-bond donors (Lipinski definition) is 0. The summed E-state index contributed by atoms with van der Waals surface area (Å²) in [5, 5.41) is 1.81. The van der Waals surface area contributed by atoms with Crippen molar-refractivity contribution in [2.24, 2.45) is 17.8 Å². The van der Waals surface area contributed by atoms with Gasteiger partial charge in [-0.15, -0.1) is 0 Å². The van der Waals surface area contributed by atoms with Gasteiger partial charge in [-0.25, -0.2) is 0 Å². The Kier molecular flexibility index (Phi) is 6.35. The summed E-state index contributed by atoms with van der Waals surface area (Å²) < 4.78 is 9.62. The number of benzene rings is 2. The molecule has 0 N–H and O–H groups in total. The van der Waals surface area contributed by atoms with Gasteiger partial charge in [0.15, 0.2) is 5.78 Å².